The Kier molecular flexibility index (Phi) is 4.17. The van der Waals surface area contributed by atoms with E-state index in [4.69, 9.17) is 11.6 Å². The topological polar surface area (TPSA) is 29.1 Å². The van der Waals surface area contributed by atoms with E-state index in [-0.39, 0.29) is 5.91 Å². The lowest BCUT2D eigenvalue weighted by molar-refractivity contribution is 0.0958. The second-order valence-electron chi connectivity index (χ2n) is 2.60. The van der Waals surface area contributed by atoms with Crippen molar-refractivity contribution in [3.8, 4) is 0 Å². The van der Waals surface area contributed by atoms with Gasteiger partial charge >= 0.3 is 0 Å². The molecule has 1 aromatic rings. The van der Waals surface area contributed by atoms with Gasteiger partial charge in [0.2, 0.25) is 0 Å². The Labute approximate surface area is 96.1 Å². The van der Waals surface area contributed by atoms with Crippen molar-refractivity contribution in [2.75, 3.05) is 6.54 Å². The van der Waals surface area contributed by atoms with Gasteiger partial charge in [0.25, 0.3) is 5.91 Å². The minimum Gasteiger partial charge on any atom is -0.349 e. The van der Waals surface area contributed by atoms with Crippen molar-refractivity contribution in [3.05, 3.63) is 45.9 Å². The van der Waals surface area contributed by atoms with Crippen LogP contribution in [0.4, 0.5) is 0 Å². The Morgan fingerprint density at radius 2 is 2.36 bits per heavy atom. The van der Waals surface area contributed by atoms with E-state index in [1.807, 2.05) is 0 Å². The van der Waals surface area contributed by atoms with E-state index >= 15 is 0 Å². The number of amides is 1. The first-order valence-electron chi connectivity index (χ1n) is 4.00. The summed E-state index contributed by atoms with van der Waals surface area (Å²) < 4.78 is 0.713. The molecule has 0 bridgehead atoms. The molecule has 0 saturated heterocycles. The molecule has 0 radical (unpaired) electrons. The smallest absolute Gasteiger partial charge is 0.253 e. The molecule has 1 rings (SSSR count). The first-order chi connectivity index (χ1) is 6.66. The molecule has 0 aliphatic carbocycles. The quantitative estimate of drug-likeness (QED) is 0.844. The van der Waals surface area contributed by atoms with Crippen molar-refractivity contribution in [1.82, 2.24) is 5.32 Å². The van der Waals surface area contributed by atoms with Crippen LogP contribution in [0.25, 0.3) is 0 Å². The summed E-state index contributed by atoms with van der Waals surface area (Å²) in [6.07, 6.45) is 1.61. The predicted octanol–water partition coefficient (Wildman–Crippen LogP) is 3.02. The zero-order valence-electron chi connectivity index (χ0n) is 7.39. The molecule has 0 atom stereocenters. The van der Waals surface area contributed by atoms with Gasteiger partial charge in [-0.2, -0.15) is 0 Å². The molecule has 0 aliphatic rings. The number of nitrogens with one attached hydrogen (secondary N) is 1. The van der Waals surface area contributed by atoms with Crippen molar-refractivity contribution in [1.29, 1.82) is 0 Å². The highest BCUT2D eigenvalue weighted by Gasteiger charge is 2.10. The summed E-state index contributed by atoms with van der Waals surface area (Å²) in [7, 11) is 0. The molecule has 1 N–H and O–H groups in total. The third-order valence-electron chi connectivity index (χ3n) is 1.60. The maximum Gasteiger partial charge on any atom is 0.253 e. The highest BCUT2D eigenvalue weighted by molar-refractivity contribution is 9.10. The Morgan fingerprint density at radius 1 is 1.64 bits per heavy atom. The Morgan fingerprint density at radius 3 is 3.00 bits per heavy atom. The lowest BCUT2D eigenvalue weighted by Gasteiger charge is -2.05. The number of rotatable bonds is 3. The summed E-state index contributed by atoms with van der Waals surface area (Å²) in [6, 6.07) is 5.22. The van der Waals surface area contributed by atoms with Gasteiger partial charge in [0.15, 0.2) is 0 Å². The van der Waals surface area contributed by atoms with Crippen LogP contribution in [0.2, 0.25) is 5.02 Å². The van der Waals surface area contributed by atoms with Crippen LogP contribution in [-0.4, -0.2) is 12.5 Å². The number of halogens is 2. The molecule has 0 aromatic heterocycles. The summed E-state index contributed by atoms with van der Waals surface area (Å²) >= 11 is 9.18. The minimum atomic E-state index is -0.198. The molecule has 0 saturated carbocycles. The third kappa shape index (κ3) is 2.59. The van der Waals surface area contributed by atoms with E-state index in [1.165, 1.54) is 0 Å². The fourth-order valence-corrected chi connectivity index (χ4v) is 1.52. The van der Waals surface area contributed by atoms with Gasteiger partial charge in [-0.05, 0) is 28.1 Å². The molecular weight excluding hydrogens is 265 g/mol. The molecule has 0 unspecified atom stereocenters. The van der Waals surface area contributed by atoms with E-state index in [0.29, 0.717) is 21.6 Å². The summed E-state index contributed by atoms with van der Waals surface area (Å²) in [4.78, 5) is 11.5. The summed E-state index contributed by atoms with van der Waals surface area (Å²) in [5.41, 5.74) is 0.461. The first kappa shape index (κ1) is 11.3. The Bertz CT molecular complexity index is 365. The minimum absolute atomic E-state index is 0.198. The number of carbonyl (C=O) groups excluding carboxylic acids is 1. The lowest BCUT2D eigenvalue weighted by Crippen LogP contribution is -2.23. The largest absolute Gasteiger partial charge is 0.349 e. The summed E-state index contributed by atoms with van der Waals surface area (Å²) in [5, 5.41) is 3.08. The van der Waals surface area contributed by atoms with Gasteiger partial charge in [0.1, 0.15) is 0 Å². The predicted molar refractivity (Wildman–Crippen MR) is 61.7 cm³/mol. The molecule has 0 spiro atoms. The highest BCUT2D eigenvalue weighted by Crippen LogP contribution is 2.25. The van der Waals surface area contributed by atoms with E-state index < -0.39 is 0 Å². The van der Waals surface area contributed by atoms with Gasteiger partial charge in [-0.15, -0.1) is 6.58 Å². The van der Waals surface area contributed by atoms with E-state index in [2.05, 4.69) is 27.8 Å². The zero-order valence-corrected chi connectivity index (χ0v) is 9.73. The van der Waals surface area contributed by atoms with Crippen molar-refractivity contribution in [2.45, 2.75) is 0 Å². The molecule has 0 fully saturated rings. The van der Waals surface area contributed by atoms with Crippen LogP contribution in [0.1, 0.15) is 10.4 Å². The van der Waals surface area contributed by atoms with Crippen LogP contribution in [0.3, 0.4) is 0 Å². The number of hydrogen-bond donors (Lipinski definition) is 1. The number of carbonyl (C=O) groups is 1. The molecule has 1 amide bonds. The Balaban J connectivity index is 2.89. The van der Waals surface area contributed by atoms with E-state index in [0.717, 1.165) is 0 Å². The fourth-order valence-electron chi connectivity index (χ4n) is 0.939. The van der Waals surface area contributed by atoms with Crippen LogP contribution in [0.5, 0.6) is 0 Å². The summed E-state index contributed by atoms with van der Waals surface area (Å²) in [6.45, 7) is 3.94. The number of hydrogen-bond acceptors (Lipinski definition) is 1. The third-order valence-corrected chi connectivity index (χ3v) is 2.90. The molecular formula is C10H9BrClNO. The van der Waals surface area contributed by atoms with Crippen LogP contribution in [0.15, 0.2) is 35.3 Å². The second-order valence-corrected chi connectivity index (χ2v) is 3.83. The van der Waals surface area contributed by atoms with Crippen LogP contribution in [-0.2, 0) is 0 Å². The van der Waals surface area contributed by atoms with E-state index in [1.54, 1.807) is 24.3 Å². The second kappa shape index (κ2) is 5.17. The van der Waals surface area contributed by atoms with Gasteiger partial charge in [-0.3, -0.25) is 4.79 Å². The molecule has 2 nitrogen and oxygen atoms in total. The number of benzene rings is 1. The van der Waals surface area contributed by atoms with Gasteiger partial charge in [0.05, 0.1) is 10.6 Å². The van der Waals surface area contributed by atoms with Crippen molar-refractivity contribution in [2.24, 2.45) is 0 Å². The van der Waals surface area contributed by atoms with Gasteiger partial charge in [-0.25, -0.2) is 0 Å². The molecule has 0 aliphatic heterocycles. The molecule has 0 heterocycles. The molecule has 1 aromatic carbocycles. The molecule has 4 heteroatoms. The van der Waals surface area contributed by atoms with E-state index in [9.17, 15) is 4.79 Å². The first-order valence-corrected chi connectivity index (χ1v) is 5.17. The van der Waals surface area contributed by atoms with Gasteiger partial charge in [0, 0.05) is 11.0 Å². The van der Waals surface area contributed by atoms with Crippen molar-refractivity contribution < 1.29 is 4.79 Å². The maximum atomic E-state index is 11.5. The maximum absolute atomic E-state index is 11.5. The highest BCUT2D eigenvalue weighted by atomic mass is 79.9. The average molecular weight is 275 g/mol. The van der Waals surface area contributed by atoms with Crippen LogP contribution < -0.4 is 5.32 Å². The van der Waals surface area contributed by atoms with Crippen molar-refractivity contribution >= 4 is 33.4 Å². The SMILES string of the molecule is C=CCNC(=O)c1cccc(Br)c1Cl. The summed E-state index contributed by atoms with van der Waals surface area (Å²) in [5.74, 6) is -0.198. The van der Waals surface area contributed by atoms with Crippen LogP contribution >= 0.6 is 27.5 Å². The van der Waals surface area contributed by atoms with Crippen molar-refractivity contribution in [3.63, 3.8) is 0 Å². The zero-order chi connectivity index (χ0) is 10.6. The monoisotopic (exact) mass is 273 g/mol. The average Bonchev–Trinajstić information content (AvgIpc) is 2.18. The fraction of sp³-hybridized carbons (Fsp3) is 0.100. The molecule has 14 heavy (non-hydrogen) atoms. The standard InChI is InChI=1S/C10H9BrClNO/c1-2-6-13-10(14)7-4-3-5-8(11)9(7)12/h2-5H,1,6H2,(H,13,14). The van der Waals surface area contributed by atoms with Gasteiger partial charge in [-0.1, -0.05) is 23.7 Å². The Hall–Kier alpha value is -0.800. The van der Waals surface area contributed by atoms with Gasteiger partial charge < -0.3 is 5.32 Å². The molecule has 74 valence electrons. The van der Waals surface area contributed by atoms with Crippen LogP contribution in [0, 0.1) is 0 Å². The normalized spacial score (nSPS) is 9.57. The lowest BCUT2D eigenvalue weighted by atomic mass is 10.2.